The van der Waals surface area contributed by atoms with E-state index >= 15 is 0 Å². The zero-order chi connectivity index (χ0) is 12.6. The van der Waals surface area contributed by atoms with Crippen molar-refractivity contribution < 1.29 is 0 Å². The highest BCUT2D eigenvalue weighted by atomic mass is 15.2. The Balaban J connectivity index is 2.67. The molecular weight excluding hydrogens is 196 g/mol. The number of rotatable bonds is 3. The summed E-state index contributed by atoms with van der Waals surface area (Å²) in [6, 6.07) is 1.32. The molecule has 0 amide bonds. The standard InChI is InChI=1S/C14H30N2/c1-13(2,3)10-16(7)11-8-9-14(4,5)12(11)15-6/h11-12,15H,8-10H2,1-7H3. The minimum absolute atomic E-state index is 0.389. The average Bonchev–Trinajstić information content (AvgIpc) is 2.37. The van der Waals surface area contributed by atoms with Gasteiger partial charge in [-0.2, -0.15) is 0 Å². The van der Waals surface area contributed by atoms with Gasteiger partial charge in [-0.05, 0) is 37.8 Å². The van der Waals surface area contributed by atoms with Gasteiger partial charge in [-0.25, -0.2) is 0 Å². The molecule has 0 saturated heterocycles. The third kappa shape index (κ3) is 3.21. The first-order chi connectivity index (χ1) is 7.17. The molecule has 1 saturated carbocycles. The van der Waals surface area contributed by atoms with Crippen molar-refractivity contribution in [2.75, 3.05) is 20.6 Å². The lowest BCUT2D eigenvalue weighted by Gasteiger charge is -2.37. The summed E-state index contributed by atoms with van der Waals surface area (Å²) in [4.78, 5) is 2.55. The summed E-state index contributed by atoms with van der Waals surface area (Å²) in [6.45, 7) is 12.9. The molecule has 0 aromatic rings. The van der Waals surface area contributed by atoms with Crippen LogP contribution < -0.4 is 5.32 Å². The maximum absolute atomic E-state index is 3.53. The zero-order valence-electron chi connectivity index (χ0n) is 12.2. The maximum Gasteiger partial charge on any atom is 0.0271 e. The molecule has 0 aromatic carbocycles. The summed E-state index contributed by atoms with van der Waals surface area (Å²) in [5.41, 5.74) is 0.825. The molecule has 96 valence electrons. The van der Waals surface area contributed by atoms with E-state index in [0.29, 0.717) is 22.9 Å². The normalized spacial score (nSPS) is 30.0. The van der Waals surface area contributed by atoms with Crippen molar-refractivity contribution in [1.82, 2.24) is 10.2 Å². The lowest BCUT2D eigenvalue weighted by atomic mass is 9.86. The third-order valence-electron chi connectivity index (χ3n) is 3.91. The van der Waals surface area contributed by atoms with Gasteiger partial charge in [0.25, 0.3) is 0 Å². The number of nitrogens with one attached hydrogen (secondary N) is 1. The molecule has 0 radical (unpaired) electrons. The van der Waals surface area contributed by atoms with Gasteiger partial charge in [-0.15, -0.1) is 0 Å². The Kier molecular flexibility index (Phi) is 4.07. The van der Waals surface area contributed by atoms with Crippen LogP contribution in [0.15, 0.2) is 0 Å². The second-order valence-corrected chi connectivity index (χ2v) is 7.34. The largest absolute Gasteiger partial charge is 0.315 e. The molecule has 16 heavy (non-hydrogen) atoms. The minimum Gasteiger partial charge on any atom is -0.315 e. The first kappa shape index (κ1) is 14.0. The fraction of sp³-hybridized carbons (Fsp3) is 1.00. The van der Waals surface area contributed by atoms with Gasteiger partial charge in [0.15, 0.2) is 0 Å². The molecule has 0 bridgehead atoms. The van der Waals surface area contributed by atoms with Crippen LogP contribution in [0.1, 0.15) is 47.5 Å². The summed E-state index contributed by atoms with van der Waals surface area (Å²) in [7, 11) is 4.39. The van der Waals surface area contributed by atoms with Crippen LogP contribution >= 0.6 is 0 Å². The van der Waals surface area contributed by atoms with Gasteiger partial charge in [-0.3, -0.25) is 0 Å². The van der Waals surface area contributed by atoms with Gasteiger partial charge >= 0.3 is 0 Å². The Bertz CT molecular complexity index is 227. The van der Waals surface area contributed by atoms with Gasteiger partial charge < -0.3 is 10.2 Å². The molecule has 2 unspecified atom stereocenters. The molecule has 0 aromatic heterocycles. The van der Waals surface area contributed by atoms with Crippen molar-refractivity contribution in [3.05, 3.63) is 0 Å². The van der Waals surface area contributed by atoms with Gasteiger partial charge in [0.05, 0.1) is 0 Å². The van der Waals surface area contributed by atoms with E-state index in [0.717, 1.165) is 0 Å². The van der Waals surface area contributed by atoms with Crippen molar-refractivity contribution in [3.8, 4) is 0 Å². The fourth-order valence-corrected chi connectivity index (χ4v) is 3.29. The highest BCUT2D eigenvalue weighted by molar-refractivity contribution is 5.00. The predicted octanol–water partition coefficient (Wildman–Crippen LogP) is 2.74. The van der Waals surface area contributed by atoms with Gasteiger partial charge in [0.2, 0.25) is 0 Å². The Hall–Kier alpha value is -0.0800. The van der Waals surface area contributed by atoms with E-state index in [9.17, 15) is 0 Å². The van der Waals surface area contributed by atoms with Crippen molar-refractivity contribution in [2.45, 2.75) is 59.5 Å². The fourth-order valence-electron chi connectivity index (χ4n) is 3.29. The summed E-state index contributed by atoms with van der Waals surface area (Å²) in [5, 5.41) is 3.53. The molecule has 2 atom stereocenters. The van der Waals surface area contributed by atoms with Crippen LogP contribution in [0.4, 0.5) is 0 Å². The highest BCUT2D eigenvalue weighted by Crippen LogP contribution is 2.39. The Morgan fingerprint density at radius 1 is 1.31 bits per heavy atom. The van der Waals surface area contributed by atoms with Crippen molar-refractivity contribution >= 4 is 0 Å². The third-order valence-corrected chi connectivity index (χ3v) is 3.91. The molecule has 1 fully saturated rings. The molecule has 0 spiro atoms. The number of likely N-dealkylation sites (N-methyl/N-ethyl adjacent to an activating group) is 2. The van der Waals surface area contributed by atoms with Gasteiger partial charge in [0.1, 0.15) is 0 Å². The molecule has 0 heterocycles. The Morgan fingerprint density at radius 3 is 2.31 bits per heavy atom. The summed E-state index contributed by atoms with van der Waals surface area (Å²) < 4.78 is 0. The van der Waals surface area contributed by atoms with E-state index in [1.165, 1.54) is 19.4 Å². The first-order valence-electron chi connectivity index (χ1n) is 6.55. The number of hydrogen-bond donors (Lipinski definition) is 1. The lowest BCUT2D eigenvalue weighted by Crippen LogP contribution is -2.51. The zero-order valence-corrected chi connectivity index (χ0v) is 12.2. The van der Waals surface area contributed by atoms with Gasteiger partial charge in [-0.1, -0.05) is 34.6 Å². The van der Waals surface area contributed by atoms with E-state index in [1.54, 1.807) is 0 Å². The van der Waals surface area contributed by atoms with E-state index < -0.39 is 0 Å². The second-order valence-electron chi connectivity index (χ2n) is 7.34. The first-order valence-corrected chi connectivity index (χ1v) is 6.55. The Labute approximate surface area is 102 Å². The lowest BCUT2D eigenvalue weighted by molar-refractivity contribution is 0.136. The molecule has 2 heteroatoms. The molecule has 1 rings (SSSR count). The van der Waals surface area contributed by atoms with Crippen LogP contribution in [0.2, 0.25) is 0 Å². The second kappa shape index (κ2) is 4.66. The molecular formula is C14H30N2. The van der Waals surface area contributed by atoms with Crippen LogP contribution in [-0.4, -0.2) is 37.6 Å². The number of hydrogen-bond acceptors (Lipinski definition) is 2. The van der Waals surface area contributed by atoms with Crippen LogP contribution in [0.5, 0.6) is 0 Å². The SMILES string of the molecule is CNC1C(N(C)CC(C)(C)C)CCC1(C)C. The van der Waals surface area contributed by atoms with Crippen LogP contribution in [0, 0.1) is 10.8 Å². The molecule has 1 aliphatic rings. The summed E-state index contributed by atoms with van der Waals surface area (Å²) in [6.07, 6.45) is 2.66. The summed E-state index contributed by atoms with van der Waals surface area (Å²) >= 11 is 0. The molecule has 1 aliphatic carbocycles. The summed E-state index contributed by atoms with van der Waals surface area (Å²) in [5.74, 6) is 0. The number of nitrogens with zero attached hydrogens (tertiary/aromatic N) is 1. The van der Waals surface area contributed by atoms with Crippen LogP contribution in [0.25, 0.3) is 0 Å². The van der Waals surface area contributed by atoms with Gasteiger partial charge in [0, 0.05) is 18.6 Å². The predicted molar refractivity (Wildman–Crippen MR) is 71.7 cm³/mol. The van der Waals surface area contributed by atoms with E-state index in [-0.39, 0.29) is 0 Å². The molecule has 2 nitrogen and oxygen atoms in total. The minimum atomic E-state index is 0.389. The highest BCUT2D eigenvalue weighted by Gasteiger charge is 2.42. The topological polar surface area (TPSA) is 15.3 Å². The van der Waals surface area contributed by atoms with Crippen molar-refractivity contribution in [1.29, 1.82) is 0 Å². The smallest absolute Gasteiger partial charge is 0.0271 e. The Morgan fingerprint density at radius 2 is 1.88 bits per heavy atom. The van der Waals surface area contributed by atoms with E-state index in [2.05, 4.69) is 58.9 Å². The van der Waals surface area contributed by atoms with Crippen LogP contribution in [-0.2, 0) is 0 Å². The van der Waals surface area contributed by atoms with E-state index in [1.807, 2.05) is 0 Å². The van der Waals surface area contributed by atoms with E-state index in [4.69, 9.17) is 0 Å². The van der Waals surface area contributed by atoms with Crippen molar-refractivity contribution in [3.63, 3.8) is 0 Å². The van der Waals surface area contributed by atoms with Crippen molar-refractivity contribution in [2.24, 2.45) is 10.8 Å². The van der Waals surface area contributed by atoms with Crippen LogP contribution in [0.3, 0.4) is 0 Å². The monoisotopic (exact) mass is 226 g/mol. The average molecular weight is 226 g/mol. The maximum atomic E-state index is 3.53. The quantitative estimate of drug-likeness (QED) is 0.796. The molecule has 1 N–H and O–H groups in total. The molecule has 0 aliphatic heterocycles.